The van der Waals surface area contributed by atoms with Crippen LogP contribution in [0.15, 0.2) is 18.2 Å². The molecule has 0 spiro atoms. The summed E-state index contributed by atoms with van der Waals surface area (Å²) in [6.07, 6.45) is -1.70. The molecule has 1 aromatic rings. The maximum absolute atomic E-state index is 12.3. The molecule has 0 radical (unpaired) electrons. The molecule has 1 aliphatic rings. The zero-order chi connectivity index (χ0) is 14.4. The summed E-state index contributed by atoms with van der Waals surface area (Å²) >= 11 is 0. The van der Waals surface area contributed by atoms with Crippen molar-refractivity contribution in [2.75, 3.05) is 6.44 Å². The van der Waals surface area contributed by atoms with Crippen molar-refractivity contribution in [1.29, 1.82) is 0 Å². The topological polar surface area (TPSA) is 80.5 Å². The molecule has 1 aromatic carbocycles. The quantitative estimate of drug-likeness (QED) is 0.297. The largest absolute Gasteiger partial charge is 1.00 e. The average Bonchev–Trinajstić information content (AvgIpc) is 2.53. The summed E-state index contributed by atoms with van der Waals surface area (Å²) < 4.78 is 37.0. The number of hydrogen-bond donors (Lipinski definition) is 0. The normalized spacial score (nSPS) is 14.1. The van der Waals surface area contributed by atoms with Crippen molar-refractivity contribution < 1.29 is 78.8 Å². The number of halogens is 3. The van der Waals surface area contributed by atoms with E-state index in [-0.39, 0.29) is 61.8 Å². The maximum atomic E-state index is 12.3. The molecule has 0 saturated carbocycles. The molecule has 6 nitrogen and oxygen atoms in total. The summed E-state index contributed by atoms with van der Waals surface area (Å²) in [5, 5.41) is 10.7. The van der Waals surface area contributed by atoms with Crippen LogP contribution < -0.4 is 51.4 Å². The summed E-state index contributed by atoms with van der Waals surface area (Å²) in [6, 6.07) is 3.20. The van der Waals surface area contributed by atoms with Crippen molar-refractivity contribution in [3.05, 3.63) is 39.4 Å². The molecular weight excluding hydrogens is 307 g/mol. The summed E-state index contributed by atoms with van der Waals surface area (Å²) in [5.74, 6) is -2.45. The Labute approximate surface area is 152 Å². The van der Waals surface area contributed by atoms with E-state index in [1.54, 1.807) is 0 Å². The monoisotopic (exact) mass is 312 g/mol. The number of amides is 2. The minimum absolute atomic E-state index is 0. The van der Waals surface area contributed by atoms with Crippen LogP contribution in [0.5, 0.6) is 0 Å². The van der Waals surface area contributed by atoms with Crippen LogP contribution in [0, 0.1) is 10.1 Å². The van der Waals surface area contributed by atoms with Gasteiger partial charge in [0.05, 0.1) is 10.5 Å². The van der Waals surface area contributed by atoms with E-state index in [0.29, 0.717) is 0 Å². The van der Waals surface area contributed by atoms with Crippen LogP contribution in [0.1, 0.15) is 20.7 Å². The van der Waals surface area contributed by atoms with Crippen LogP contribution in [0.25, 0.3) is 0 Å². The van der Waals surface area contributed by atoms with E-state index in [2.05, 4.69) is 0 Å². The summed E-state index contributed by atoms with van der Waals surface area (Å²) in [6.45, 7) is -5.40. The second kappa shape index (κ2) is 5.94. The Balaban J connectivity index is 0.00000200. The molecule has 11 heteroatoms. The number of benzene rings is 1. The first-order chi connectivity index (χ1) is 8.72. The van der Waals surface area contributed by atoms with Gasteiger partial charge in [0.1, 0.15) is 5.56 Å². The first-order valence-corrected chi connectivity index (χ1v) is 5.07. The fourth-order valence-electron chi connectivity index (χ4n) is 1.84. The van der Waals surface area contributed by atoms with Crippen LogP contribution in [0.3, 0.4) is 0 Å². The van der Waals surface area contributed by atoms with Crippen molar-refractivity contribution in [1.82, 2.24) is 4.90 Å². The third-order valence-electron chi connectivity index (χ3n) is 2.56. The van der Waals surface area contributed by atoms with Crippen molar-refractivity contribution >= 4 is 24.5 Å². The average molecular weight is 312 g/mol. The number of rotatable bonds is 3. The van der Waals surface area contributed by atoms with Crippen molar-refractivity contribution in [3.8, 4) is 0 Å². The molecule has 100 valence electrons. The number of nitro benzene ring substituents is 1. The second-order valence-electron chi connectivity index (χ2n) is 3.89. The van der Waals surface area contributed by atoms with Gasteiger partial charge in [-0.1, -0.05) is 6.07 Å². The summed E-state index contributed by atoms with van der Waals surface area (Å²) in [7, 11) is 0. The van der Waals surface area contributed by atoms with Crippen molar-refractivity contribution in [2.45, 2.75) is 0 Å². The molecule has 2 amide bonds. The molecule has 0 bridgehead atoms. The van der Waals surface area contributed by atoms with E-state index in [4.69, 9.17) is 0 Å². The molecule has 0 saturated heterocycles. The Morgan fingerprint density at radius 3 is 2.30 bits per heavy atom. The predicted molar refractivity (Wildman–Crippen MR) is 57.5 cm³/mol. The molecule has 0 unspecified atom stereocenters. The van der Waals surface area contributed by atoms with Gasteiger partial charge >= 0.3 is 58.4 Å². The van der Waals surface area contributed by atoms with Gasteiger partial charge in [0.25, 0.3) is 17.5 Å². The standard InChI is InChI=1S/C9H5BF3N2O4.K/c11-10(12,13)4-14-8(16)5-2-1-3-6(15(18)19)7(5)9(14)17;/h1-3H,4H2;/q-1;+1. The molecule has 0 N–H and O–H groups in total. The minimum atomic E-state index is -5.40. The predicted octanol–water partition coefficient (Wildman–Crippen LogP) is -1.42. The molecular formula is C9H5BF3KN2O4. The molecule has 0 atom stereocenters. The number of fused-ring (bicyclic) bond motifs is 1. The van der Waals surface area contributed by atoms with E-state index in [0.717, 1.165) is 18.2 Å². The fraction of sp³-hybridized carbons (Fsp3) is 0.111. The third-order valence-corrected chi connectivity index (χ3v) is 2.56. The molecule has 2 rings (SSSR count). The first kappa shape index (κ1) is 17.3. The Bertz CT molecular complexity index is 607. The number of nitrogens with zero attached hydrogens (tertiary/aromatic N) is 2. The van der Waals surface area contributed by atoms with Crippen LogP contribution >= 0.6 is 0 Å². The fourth-order valence-corrected chi connectivity index (χ4v) is 1.84. The van der Waals surface area contributed by atoms with Gasteiger partial charge < -0.3 is 17.8 Å². The Hall–Kier alpha value is -0.749. The van der Waals surface area contributed by atoms with Gasteiger partial charge in [-0.25, -0.2) is 0 Å². The molecule has 0 fully saturated rings. The van der Waals surface area contributed by atoms with E-state index < -0.39 is 41.4 Å². The van der Waals surface area contributed by atoms with Crippen molar-refractivity contribution in [2.24, 2.45) is 0 Å². The van der Waals surface area contributed by atoms with Gasteiger partial charge in [0, 0.05) is 6.07 Å². The second-order valence-corrected chi connectivity index (χ2v) is 3.89. The van der Waals surface area contributed by atoms with Crippen LogP contribution in [0.4, 0.5) is 18.6 Å². The molecule has 20 heavy (non-hydrogen) atoms. The van der Waals surface area contributed by atoms with Gasteiger partial charge in [-0.05, 0) is 12.5 Å². The zero-order valence-corrected chi connectivity index (χ0v) is 13.3. The van der Waals surface area contributed by atoms with Crippen LogP contribution in [-0.2, 0) is 0 Å². The first-order valence-electron chi connectivity index (χ1n) is 5.07. The smallest absolute Gasteiger partial charge is 0.448 e. The van der Waals surface area contributed by atoms with Crippen molar-refractivity contribution in [3.63, 3.8) is 0 Å². The van der Waals surface area contributed by atoms with E-state index >= 15 is 0 Å². The Morgan fingerprint density at radius 1 is 1.20 bits per heavy atom. The van der Waals surface area contributed by atoms with Gasteiger partial charge in [-0.2, -0.15) is 0 Å². The van der Waals surface area contributed by atoms with Gasteiger partial charge in [-0.15, -0.1) is 0 Å². The van der Waals surface area contributed by atoms with Gasteiger partial charge in [0.2, 0.25) is 0 Å². The number of nitro groups is 1. The van der Waals surface area contributed by atoms with Gasteiger partial charge in [-0.3, -0.25) is 19.7 Å². The third kappa shape index (κ3) is 3.11. The summed E-state index contributed by atoms with van der Waals surface area (Å²) in [4.78, 5) is 33.2. The van der Waals surface area contributed by atoms with Crippen LogP contribution in [-0.4, -0.2) is 35.1 Å². The molecule has 1 heterocycles. The van der Waals surface area contributed by atoms with Crippen LogP contribution in [0.2, 0.25) is 0 Å². The number of carbonyl (C=O) groups excluding carboxylic acids is 2. The van der Waals surface area contributed by atoms with Gasteiger partial charge in [0.15, 0.2) is 0 Å². The Morgan fingerprint density at radius 2 is 1.80 bits per heavy atom. The summed E-state index contributed by atoms with van der Waals surface area (Å²) in [5.41, 5.74) is -1.63. The maximum Gasteiger partial charge on any atom is 1.00 e. The molecule has 0 aromatic heterocycles. The van der Waals surface area contributed by atoms with E-state index in [9.17, 15) is 32.7 Å². The number of imide groups is 1. The number of carbonyl (C=O) groups is 2. The minimum Gasteiger partial charge on any atom is -0.448 e. The SMILES string of the molecule is O=C1c2cccc([N+](=O)[O-])c2C(=O)N1C[B-](F)(F)F.[K+]. The Kier molecular flexibility index (Phi) is 5.14. The molecule has 1 aliphatic heterocycles. The zero-order valence-electron chi connectivity index (χ0n) is 10.2. The molecule has 0 aliphatic carbocycles. The van der Waals surface area contributed by atoms with E-state index in [1.165, 1.54) is 0 Å². The number of hydrogen-bond acceptors (Lipinski definition) is 4. The van der Waals surface area contributed by atoms with E-state index in [1.807, 2.05) is 0 Å².